The lowest BCUT2D eigenvalue weighted by Gasteiger charge is -2.27. The van der Waals surface area contributed by atoms with Gasteiger partial charge in [0.15, 0.2) is 0 Å². The Morgan fingerprint density at radius 2 is 0.855 bits per heavy atom. The molecule has 7 aromatic carbocycles. The molecule has 270 valence electrons. The zero-order valence-corrected chi connectivity index (χ0v) is 33.5. The highest BCUT2D eigenvalue weighted by Gasteiger charge is 2.37. The van der Waals surface area contributed by atoms with Crippen LogP contribution in [0, 0.1) is 41.5 Å². The van der Waals surface area contributed by atoms with Crippen LogP contribution in [-0.4, -0.2) is 6.71 Å². The number of anilines is 3. The minimum Gasteiger partial charge on any atom is -0.311 e. The van der Waals surface area contributed by atoms with Gasteiger partial charge in [-0.3, -0.25) is 0 Å². The number of benzene rings is 7. The van der Waals surface area contributed by atoms with Gasteiger partial charge in [-0.1, -0.05) is 185 Å². The van der Waals surface area contributed by atoms with E-state index in [1.807, 2.05) is 0 Å². The van der Waals surface area contributed by atoms with Gasteiger partial charge in [-0.2, -0.15) is 0 Å². The number of hydrogen-bond acceptors (Lipinski definition) is 1. The quantitative estimate of drug-likeness (QED) is 0.112. The van der Waals surface area contributed by atoms with Crippen molar-refractivity contribution in [2.45, 2.75) is 60.8 Å². The topological polar surface area (TPSA) is 3.24 Å². The molecule has 2 heteroatoms. The fourth-order valence-corrected chi connectivity index (χ4v) is 9.35. The summed E-state index contributed by atoms with van der Waals surface area (Å²) in [6, 6.07) is 53.8. The molecule has 1 nitrogen and oxygen atoms in total. The number of aryl methyl sites for hydroxylation is 6. The lowest BCUT2D eigenvalue weighted by atomic mass is 9.34. The summed E-state index contributed by atoms with van der Waals surface area (Å²) in [5.41, 5.74) is 23.5. The average Bonchev–Trinajstić information content (AvgIpc) is 3.39. The van der Waals surface area contributed by atoms with Crippen LogP contribution in [0.25, 0.3) is 23.3 Å². The van der Waals surface area contributed by atoms with Gasteiger partial charge in [-0.15, -0.1) is 0 Å². The summed E-state index contributed by atoms with van der Waals surface area (Å²) >= 11 is 0. The Hall–Kier alpha value is -5.86. The van der Waals surface area contributed by atoms with Crippen LogP contribution in [0.2, 0.25) is 0 Å². The van der Waals surface area contributed by atoms with Gasteiger partial charge < -0.3 is 4.90 Å². The van der Waals surface area contributed by atoms with E-state index in [2.05, 4.69) is 218 Å². The maximum atomic E-state index is 2.53. The fourth-order valence-electron chi connectivity index (χ4n) is 9.35. The predicted molar refractivity (Wildman–Crippen MR) is 240 cm³/mol. The lowest BCUT2D eigenvalue weighted by Crippen LogP contribution is -2.56. The first kappa shape index (κ1) is 36.1. The van der Waals surface area contributed by atoms with E-state index in [-0.39, 0.29) is 12.1 Å². The highest BCUT2D eigenvalue weighted by molar-refractivity contribution is 6.96. The maximum Gasteiger partial charge on any atom is 0.242 e. The zero-order chi connectivity index (χ0) is 38.4. The Labute approximate surface area is 329 Å². The van der Waals surface area contributed by atoms with Crippen molar-refractivity contribution in [3.63, 3.8) is 0 Å². The largest absolute Gasteiger partial charge is 0.311 e. The molecule has 55 heavy (non-hydrogen) atoms. The number of rotatable bonds is 8. The Morgan fingerprint density at radius 3 is 1.36 bits per heavy atom. The second kappa shape index (κ2) is 14.4. The van der Waals surface area contributed by atoms with E-state index >= 15 is 0 Å². The van der Waals surface area contributed by atoms with E-state index < -0.39 is 0 Å². The van der Waals surface area contributed by atoms with Crippen molar-refractivity contribution in [1.82, 2.24) is 0 Å². The normalized spacial score (nSPS) is 12.8. The summed E-state index contributed by atoms with van der Waals surface area (Å²) < 4.78 is 0. The lowest BCUT2D eigenvalue weighted by molar-refractivity contribution is 0.660. The molecule has 0 bridgehead atoms. The Bertz CT molecular complexity index is 2420. The van der Waals surface area contributed by atoms with Crippen LogP contribution in [0.5, 0.6) is 0 Å². The van der Waals surface area contributed by atoms with Crippen molar-refractivity contribution in [3.8, 4) is 11.1 Å². The molecule has 0 saturated heterocycles. The molecule has 0 aliphatic heterocycles. The van der Waals surface area contributed by atoms with Crippen molar-refractivity contribution in [3.05, 3.63) is 201 Å². The van der Waals surface area contributed by atoms with Gasteiger partial charge in [-0.05, 0) is 111 Å². The number of hydrogen-bond donors (Lipinski definition) is 0. The van der Waals surface area contributed by atoms with E-state index in [1.54, 1.807) is 0 Å². The van der Waals surface area contributed by atoms with Gasteiger partial charge >= 0.3 is 0 Å². The van der Waals surface area contributed by atoms with Gasteiger partial charge in [-0.25, -0.2) is 0 Å². The summed E-state index contributed by atoms with van der Waals surface area (Å²) in [5, 5.41) is 0. The van der Waals surface area contributed by atoms with Crippen molar-refractivity contribution in [2.24, 2.45) is 0 Å². The van der Waals surface area contributed by atoms with Crippen LogP contribution in [0.4, 0.5) is 17.1 Å². The summed E-state index contributed by atoms with van der Waals surface area (Å²) in [5.74, 6) is 0. The van der Waals surface area contributed by atoms with Crippen LogP contribution >= 0.6 is 0 Å². The average molecular weight is 712 g/mol. The molecule has 0 aromatic heterocycles. The first-order chi connectivity index (χ1) is 26.5. The standard InChI is InChI=1S/C53H50BN/c1-35-29-37(3)51(38(4)30-35)54(52-39(5)31-36(2)32-40(52)6)43-24-28-48-47-27-23-42(33-49(47)53(7,8)50(48)34-43)20-19-41-21-25-46(26-22-41)55(44-15-11-9-12-16-44)45-17-13-10-14-18-45/h9-34H,1-8H3/b20-19+. The van der Waals surface area contributed by atoms with Gasteiger partial charge in [0.2, 0.25) is 6.71 Å². The Kier molecular flexibility index (Phi) is 9.47. The SMILES string of the molecule is Cc1cc(C)c(B(c2ccc3c(c2)C(C)(C)c2cc(/C=C/c4ccc(N(c5ccccc5)c5ccccc5)cc4)ccc2-3)c2c(C)cc(C)cc2C)c(C)c1. The monoisotopic (exact) mass is 711 g/mol. The van der Waals surface area contributed by atoms with E-state index in [1.165, 1.54) is 83.1 Å². The summed E-state index contributed by atoms with van der Waals surface area (Å²) in [4.78, 5) is 2.30. The van der Waals surface area contributed by atoms with Gasteiger partial charge in [0.05, 0.1) is 0 Å². The molecule has 0 atom stereocenters. The van der Waals surface area contributed by atoms with Gasteiger partial charge in [0.25, 0.3) is 0 Å². The molecule has 1 aliphatic carbocycles. The van der Waals surface area contributed by atoms with Crippen molar-refractivity contribution >= 4 is 52.3 Å². The summed E-state index contributed by atoms with van der Waals surface area (Å²) in [6.07, 6.45) is 4.49. The van der Waals surface area contributed by atoms with E-state index in [4.69, 9.17) is 0 Å². The van der Waals surface area contributed by atoms with Crippen LogP contribution in [-0.2, 0) is 5.41 Å². The fraction of sp³-hybridized carbons (Fsp3) is 0.170. The molecule has 8 rings (SSSR count). The summed E-state index contributed by atoms with van der Waals surface area (Å²) in [7, 11) is 0. The predicted octanol–water partition coefficient (Wildman–Crippen LogP) is 12.0. The van der Waals surface area contributed by atoms with E-state index in [9.17, 15) is 0 Å². The molecule has 0 radical (unpaired) electrons. The van der Waals surface area contributed by atoms with Crippen LogP contribution in [0.15, 0.2) is 146 Å². The smallest absolute Gasteiger partial charge is 0.242 e. The molecule has 0 heterocycles. The third-order valence-electron chi connectivity index (χ3n) is 11.8. The molecule has 0 N–H and O–H groups in total. The van der Waals surface area contributed by atoms with Gasteiger partial charge in [0, 0.05) is 22.5 Å². The maximum absolute atomic E-state index is 2.53. The Balaban J connectivity index is 1.12. The van der Waals surface area contributed by atoms with Crippen LogP contribution < -0.4 is 21.3 Å². The van der Waals surface area contributed by atoms with Crippen LogP contribution in [0.3, 0.4) is 0 Å². The molecular formula is C53H50BN. The molecular weight excluding hydrogens is 661 g/mol. The Morgan fingerprint density at radius 1 is 0.436 bits per heavy atom. The van der Waals surface area contributed by atoms with Gasteiger partial charge in [0.1, 0.15) is 0 Å². The summed E-state index contributed by atoms with van der Waals surface area (Å²) in [6.45, 7) is 18.6. The number of fused-ring (bicyclic) bond motifs is 3. The van der Waals surface area contributed by atoms with Crippen molar-refractivity contribution in [1.29, 1.82) is 0 Å². The van der Waals surface area contributed by atoms with Crippen molar-refractivity contribution < 1.29 is 0 Å². The minimum absolute atomic E-state index is 0.135. The number of nitrogens with zero attached hydrogens (tertiary/aromatic N) is 1. The number of para-hydroxylation sites is 2. The second-order valence-electron chi connectivity index (χ2n) is 16.2. The van der Waals surface area contributed by atoms with E-state index in [0.29, 0.717) is 0 Å². The minimum atomic E-state index is -0.135. The second-order valence-corrected chi connectivity index (χ2v) is 16.2. The third-order valence-corrected chi connectivity index (χ3v) is 11.8. The molecule has 0 saturated carbocycles. The zero-order valence-electron chi connectivity index (χ0n) is 33.5. The first-order valence-electron chi connectivity index (χ1n) is 19.6. The molecule has 0 fully saturated rings. The molecule has 1 aliphatic rings. The highest BCUT2D eigenvalue weighted by atomic mass is 15.1. The molecule has 0 spiro atoms. The van der Waals surface area contributed by atoms with Crippen molar-refractivity contribution in [2.75, 3.05) is 4.90 Å². The molecule has 7 aromatic rings. The third kappa shape index (κ3) is 6.76. The highest BCUT2D eigenvalue weighted by Crippen LogP contribution is 2.48. The molecule has 0 unspecified atom stereocenters. The van der Waals surface area contributed by atoms with Crippen LogP contribution in [0.1, 0.15) is 69.5 Å². The molecule has 0 amide bonds. The van der Waals surface area contributed by atoms with E-state index in [0.717, 1.165) is 17.1 Å². The first-order valence-corrected chi connectivity index (χ1v) is 19.6.